The highest BCUT2D eigenvalue weighted by atomic mass is 17.2. The molecule has 0 N–H and O–H groups in total. The van der Waals surface area contributed by atoms with Crippen LogP contribution in [0.4, 0.5) is 4.79 Å². The molecule has 1 aliphatic rings. The maximum atomic E-state index is 11.8. The first kappa shape index (κ1) is 13.3. The molecule has 0 aromatic carbocycles. The van der Waals surface area contributed by atoms with Gasteiger partial charge in [-0.05, 0) is 53.9 Å². The third-order valence-electron chi connectivity index (χ3n) is 2.77. The minimum Gasteiger partial charge on any atom is -0.301 e. The summed E-state index contributed by atoms with van der Waals surface area (Å²) in [7, 11) is 0. The molecule has 4 nitrogen and oxygen atoms in total. The van der Waals surface area contributed by atoms with E-state index in [2.05, 4.69) is 0 Å². The molecule has 0 aromatic rings. The summed E-state index contributed by atoms with van der Waals surface area (Å²) >= 11 is 0. The SMILES string of the molecule is CC1CCCC(C)N1C(=O)OOC(C)(C)C. The third kappa shape index (κ3) is 3.67. The van der Waals surface area contributed by atoms with Gasteiger partial charge in [0.2, 0.25) is 0 Å². The molecule has 1 heterocycles. The number of likely N-dealkylation sites (tertiary alicyclic amines) is 1. The molecule has 0 aromatic heterocycles. The zero-order chi connectivity index (χ0) is 12.3. The molecule has 1 amide bonds. The zero-order valence-electron chi connectivity index (χ0n) is 10.9. The van der Waals surface area contributed by atoms with Crippen molar-refractivity contribution in [3.8, 4) is 0 Å². The van der Waals surface area contributed by atoms with Crippen molar-refractivity contribution in [3.63, 3.8) is 0 Å². The Morgan fingerprint density at radius 3 is 2.12 bits per heavy atom. The molecular weight excluding hydrogens is 206 g/mol. The Hall–Kier alpha value is -0.770. The summed E-state index contributed by atoms with van der Waals surface area (Å²) in [4.78, 5) is 23.5. The lowest BCUT2D eigenvalue weighted by molar-refractivity contribution is -0.307. The van der Waals surface area contributed by atoms with Crippen LogP contribution < -0.4 is 0 Å². The molecule has 16 heavy (non-hydrogen) atoms. The van der Waals surface area contributed by atoms with Gasteiger partial charge in [0.1, 0.15) is 5.60 Å². The fourth-order valence-corrected chi connectivity index (χ4v) is 1.98. The van der Waals surface area contributed by atoms with Crippen LogP contribution in [0.2, 0.25) is 0 Å². The van der Waals surface area contributed by atoms with Crippen LogP contribution in [-0.4, -0.2) is 28.7 Å². The Kier molecular flexibility index (Phi) is 4.19. The van der Waals surface area contributed by atoms with Crippen molar-refractivity contribution in [3.05, 3.63) is 0 Å². The van der Waals surface area contributed by atoms with E-state index >= 15 is 0 Å². The summed E-state index contributed by atoms with van der Waals surface area (Å²) in [5.41, 5.74) is -0.460. The van der Waals surface area contributed by atoms with E-state index < -0.39 is 5.60 Å². The van der Waals surface area contributed by atoms with Gasteiger partial charge in [0, 0.05) is 12.1 Å². The standard InChI is InChI=1S/C12H23NO3/c1-9-7-6-8-10(2)13(9)11(14)15-16-12(3,4)5/h9-10H,6-8H2,1-5H3. The van der Waals surface area contributed by atoms with E-state index in [1.165, 1.54) is 6.42 Å². The van der Waals surface area contributed by atoms with Gasteiger partial charge in [-0.25, -0.2) is 4.79 Å². The van der Waals surface area contributed by atoms with Crippen LogP contribution in [0.5, 0.6) is 0 Å². The summed E-state index contributed by atoms with van der Waals surface area (Å²) in [5.74, 6) is 0. The molecule has 1 fully saturated rings. The molecule has 0 spiro atoms. The lowest BCUT2D eigenvalue weighted by atomic mass is 9.98. The Morgan fingerprint density at radius 1 is 1.19 bits per heavy atom. The Labute approximate surface area is 97.8 Å². The first-order chi connectivity index (χ1) is 7.31. The van der Waals surface area contributed by atoms with E-state index in [9.17, 15) is 4.79 Å². The van der Waals surface area contributed by atoms with Crippen LogP contribution in [0.1, 0.15) is 53.9 Å². The average molecular weight is 229 g/mol. The molecule has 0 saturated carbocycles. The van der Waals surface area contributed by atoms with Gasteiger partial charge in [0.25, 0.3) is 0 Å². The molecule has 0 aliphatic carbocycles. The molecule has 1 rings (SSSR count). The van der Waals surface area contributed by atoms with Crippen molar-refractivity contribution in [1.29, 1.82) is 0 Å². The topological polar surface area (TPSA) is 38.8 Å². The maximum Gasteiger partial charge on any atom is 0.441 e. The van der Waals surface area contributed by atoms with Crippen molar-refractivity contribution < 1.29 is 14.6 Å². The zero-order valence-corrected chi connectivity index (χ0v) is 10.9. The van der Waals surface area contributed by atoms with Crippen molar-refractivity contribution in [1.82, 2.24) is 4.90 Å². The minimum atomic E-state index is -0.460. The molecule has 2 unspecified atom stereocenters. The van der Waals surface area contributed by atoms with Crippen LogP contribution in [0.25, 0.3) is 0 Å². The average Bonchev–Trinajstić information content (AvgIpc) is 2.13. The van der Waals surface area contributed by atoms with Gasteiger partial charge in [-0.15, -0.1) is 0 Å². The number of hydrogen-bond donors (Lipinski definition) is 0. The largest absolute Gasteiger partial charge is 0.441 e. The summed E-state index contributed by atoms with van der Waals surface area (Å²) < 4.78 is 0. The lowest BCUT2D eigenvalue weighted by Gasteiger charge is -2.37. The molecular formula is C12H23NO3. The Morgan fingerprint density at radius 2 is 1.69 bits per heavy atom. The van der Waals surface area contributed by atoms with Gasteiger partial charge < -0.3 is 4.90 Å². The molecule has 94 valence electrons. The fraction of sp³-hybridized carbons (Fsp3) is 0.917. The molecule has 1 saturated heterocycles. The van der Waals surface area contributed by atoms with E-state index in [1.807, 2.05) is 34.6 Å². The summed E-state index contributed by atoms with van der Waals surface area (Å²) in [6.45, 7) is 9.65. The monoisotopic (exact) mass is 229 g/mol. The van der Waals surface area contributed by atoms with Crippen molar-refractivity contribution >= 4 is 6.09 Å². The maximum absolute atomic E-state index is 11.8. The van der Waals surface area contributed by atoms with Crippen LogP contribution in [-0.2, 0) is 9.78 Å². The van der Waals surface area contributed by atoms with Crippen LogP contribution in [0, 0.1) is 0 Å². The smallest absolute Gasteiger partial charge is 0.301 e. The lowest BCUT2D eigenvalue weighted by Crippen LogP contribution is -2.48. The van der Waals surface area contributed by atoms with Crippen LogP contribution >= 0.6 is 0 Å². The summed E-state index contributed by atoms with van der Waals surface area (Å²) in [5, 5.41) is 0. The van der Waals surface area contributed by atoms with Gasteiger partial charge in [0.15, 0.2) is 0 Å². The predicted molar refractivity (Wildman–Crippen MR) is 61.9 cm³/mol. The number of rotatable bonds is 1. The first-order valence-corrected chi connectivity index (χ1v) is 5.99. The first-order valence-electron chi connectivity index (χ1n) is 5.99. The Balaban J connectivity index is 2.51. The molecule has 0 radical (unpaired) electrons. The van der Waals surface area contributed by atoms with Gasteiger partial charge >= 0.3 is 6.09 Å². The number of carbonyl (C=O) groups is 1. The van der Waals surface area contributed by atoms with Gasteiger partial charge in [-0.1, -0.05) is 0 Å². The number of amides is 1. The van der Waals surface area contributed by atoms with E-state index in [-0.39, 0.29) is 18.2 Å². The number of nitrogens with zero attached hydrogens (tertiary/aromatic N) is 1. The normalized spacial score (nSPS) is 26.7. The van der Waals surface area contributed by atoms with Gasteiger partial charge in [-0.3, -0.25) is 4.89 Å². The fourth-order valence-electron chi connectivity index (χ4n) is 1.98. The molecule has 2 atom stereocenters. The second-order valence-electron chi connectivity index (χ2n) is 5.58. The van der Waals surface area contributed by atoms with E-state index in [4.69, 9.17) is 9.78 Å². The second kappa shape index (κ2) is 5.04. The third-order valence-corrected chi connectivity index (χ3v) is 2.77. The van der Waals surface area contributed by atoms with Crippen molar-refractivity contribution in [2.75, 3.05) is 0 Å². The summed E-state index contributed by atoms with van der Waals surface area (Å²) in [6, 6.07) is 0.472. The number of carbonyl (C=O) groups excluding carboxylic acids is 1. The van der Waals surface area contributed by atoms with E-state index in [0.29, 0.717) is 0 Å². The minimum absolute atomic E-state index is 0.236. The van der Waals surface area contributed by atoms with Crippen LogP contribution in [0.15, 0.2) is 0 Å². The Bertz CT molecular complexity index is 237. The van der Waals surface area contributed by atoms with Crippen LogP contribution in [0.3, 0.4) is 0 Å². The molecule has 1 aliphatic heterocycles. The van der Waals surface area contributed by atoms with E-state index in [0.717, 1.165) is 12.8 Å². The molecule has 4 heteroatoms. The van der Waals surface area contributed by atoms with Gasteiger partial charge in [0.05, 0.1) is 0 Å². The molecule has 0 bridgehead atoms. The quantitative estimate of drug-likeness (QED) is 0.512. The van der Waals surface area contributed by atoms with E-state index in [1.54, 1.807) is 4.90 Å². The van der Waals surface area contributed by atoms with Crippen molar-refractivity contribution in [2.45, 2.75) is 71.6 Å². The second-order valence-corrected chi connectivity index (χ2v) is 5.58. The number of piperidine rings is 1. The summed E-state index contributed by atoms with van der Waals surface area (Å²) in [6.07, 6.45) is 2.88. The highest BCUT2D eigenvalue weighted by molar-refractivity contribution is 5.67. The van der Waals surface area contributed by atoms with Gasteiger partial charge in [-0.2, -0.15) is 4.89 Å². The highest BCUT2D eigenvalue weighted by Gasteiger charge is 2.31. The number of hydrogen-bond acceptors (Lipinski definition) is 3. The highest BCUT2D eigenvalue weighted by Crippen LogP contribution is 2.23. The van der Waals surface area contributed by atoms with Crippen molar-refractivity contribution in [2.24, 2.45) is 0 Å². The predicted octanol–water partition coefficient (Wildman–Crippen LogP) is 3.12.